The van der Waals surface area contributed by atoms with Crippen LogP contribution in [0.5, 0.6) is 11.5 Å². The number of allylic oxidation sites excluding steroid dienone is 1. The minimum absolute atomic E-state index is 0.0131. The van der Waals surface area contributed by atoms with Crippen molar-refractivity contribution in [1.29, 1.82) is 0 Å². The van der Waals surface area contributed by atoms with Gasteiger partial charge in [0, 0.05) is 40.3 Å². The molecule has 2 fully saturated rings. The summed E-state index contributed by atoms with van der Waals surface area (Å²) < 4.78 is 25.8. The zero-order valence-electron chi connectivity index (χ0n) is 31.3. The van der Waals surface area contributed by atoms with E-state index in [0.717, 1.165) is 0 Å². The summed E-state index contributed by atoms with van der Waals surface area (Å²) in [5.74, 6) is -3.33. The lowest BCUT2D eigenvalue weighted by Gasteiger charge is -2.47. The number of aliphatic hydroxyl groups excluding tert-OH is 4. The van der Waals surface area contributed by atoms with Gasteiger partial charge in [0.2, 0.25) is 12.2 Å². The Morgan fingerprint density at radius 1 is 0.932 bits per heavy atom. The maximum Gasteiger partial charge on any atom is 0.302 e. The van der Waals surface area contributed by atoms with E-state index < -0.39 is 72.4 Å². The Morgan fingerprint density at radius 3 is 2.42 bits per heavy atom. The number of nitrogens with two attached hydrogens (primary N) is 1. The third-order valence-corrected chi connectivity index (χ3v) is 11.7. The number of aldehydes is 1. The number of ketones is 2. The standard InChI is InChI=1S/C42H39N5O12/c43-41-45-38-29(39(55)46-41)44-19-47(38)27-10-4-3-7-22(27)21-12-16-57-42(13-5-6-14-42)37-33(53)32(52)34(54)40(59-37)58-35-25(21)17-26-28(36(35)56-18-20(49)11-15-48)31(51)24-9-2-1-8-23(24)30(26)50/h1-4,7-10,12,15-17,20-21,32-34,37,40,49,52-54H,5-6,11,13-14,18-19H2,(H2,43,46,55)/b16-12-/t20-,21+,32-,33-,34+,37-,40+/m1/s1. The number of fused-ring (bicyclic) bond motifs is 7. The molecule has 59 heavy (non-hydrogen) atoms. The van der Waals surface area contributed by atoms with Gasteiger partial charge >= 0.3 is 5.91 Å². The summed E-state index contributed by atoms with van der Waals surface area (Å²) in [6.45, 7) is -0.560. The van der Waals surface area contributed by atoms with E-state index >= 15 is 0 Å². The normalized spacial score (nSPS) is 27.7. The van der Waals surface area contributed by atoms with Crippen molar-refractivity contribution in [3.63, 3.8) is 0 Å². The molecular formula is C42H39N5O12. The van der Waals surface area contributed by atoms with E-state index in [9.17, 15) is 39.6 Å². The van der Waals surface area contributed by atoms with Crippen molar-refractivity contribution in [3.8, 4) is 11.5 Å². The number of guanidine groups is 1. The molecule has 3 aromatic carbocycles. The Bertz CT molecular complexity index is 2400. The molecule has 1 saturated heterocycles. The molecular weight excluding hydrogens is 766 g/mol. The van der Waals surface area contributed by atoms with Crippen LogP contribution < -0.4 is 20.1 Å². The second kappa shape index (κ2) is 14.9. The van der Waals surface area contributed by atoms with Gasteiger partial charge in [-0.25, -0.2) is 0 Å². The van der Waals surface area contributed by atoms with Crippen LogP contribution in [0.2, 0.25) is 0 Å². The molecule has 0 unspecified atom stereocenters. The van der Waals surface area contributed by atoms with Crippen LogP contribution >= 0.6 is 0 Å². The summed E-state index contributed by atoms with van der Waals surface area (Å²) in [7, 11) is 0. The number of amidine groups is 1. The van der Waals surface area contributed by atoms with E-state index in [1.165, 1.54) is 24.5 Å². The van der Waals surface area contributed by atoms with Crippen molar-refractivity contribution < 1.29 is 58.6 Å². The van der Waals surface area contributed by atoms with Crippen molar-refractivity contribution in [1.82, 2.24) is 0 Å². The van der Waals surface area contributed by atoms with Crippen LogP contribution in [0.15, 0.2) is 81.9 Å². The van der Waals surface area contributed by atoms with E-state index in [2.05, 4.69) is 15.0 Å². The van der Waals surface area contributed by atoms with Crippen molar-refractivity contribution in [3.05, 3.63) is 100 Å². The third kappa shape index (κ3) is 6.33. The van der Waals surface area contributed by atoms with Crippen LogP contribution in [0.1, 0.15) is 81.0 Å². The van der Waals surface area contributed by atoms with Crippen molar-refractivity contribution in [2.75, 3.05) is 18.2 Å². The zero-order valence-corrected chi connectivity index (χ0v) is 31.3. The highest BCUT2D eigenvalue weighted by Gasteiger charge is 2.56. The number of carbonyl (C=O) groups excluding carboxylic acids is 4. The number of hydrogen-bond acceptors (Lipinski definition) is 16. The predicted molar refractivity (Wildman–Crippen MR) is 208 cm³/mol. The number of amides is 1. The first kappa shape index (κ1) is 38.4. The van der Waals surface area contributed by atoms with Crippen LogP contribution in [-0.2, 0) is 19.1 Å². The van der Waals surface area contributed by atoms with Crippen molar-refractivity contribution >= 4 is 47.0 Å². The molecule has 1 amide bonds. The van der Waals surface area contributed by atoms with Gasteiger partial charge in [0.15, 0.2) is 34.6 Å². The minimum atomic E-state index is -1.84. The Kier molecular flexibility index (Phi) is 9.72. The van der Waals surface area contributed by atoms with Gasteiger partial charge in [-0.2, -0.15) is 9.98 Å². The van der Waals surface area contributed by atoms with Crippen LogP contribution in [0.4, 0.5) is 5.69 Å². The molecule has 9 rings (SSSR count). The Labute approximate surface area is 336 Å². The lowest BCUT2D eigenvalue weighted by Crippen LogP contribution is -2.65. The monoisotopic (exact) mass is 805 g/mol. The lowest BCUT2D eigenvalue weighted by molar-refractivity contribution is -0.304. The summed E-state index contributed by atoms with van der Waals surface area (Å²) in [5.41, 5.74) is 5.93. The molecule has 17 heteroatoms. The predicted octanol–water partition coefficient (Wildman–Crippen LogP) is 1.44. The number of carbonyl (C=O) groups is 4. The van der Waals surface area contributed by atoms with Crippen molar-refractivity contribution in [2.45, 2.75) is 80.4 Å². The topological polar surface area (TPSA) is 252 Å². The first-order valence-electron chi connectivity index (χ1n) is 19.2. The van der Waals surface area contributed by atoms with E-state index in [4.69, 9.17) is 24.7 Å². The maximum atomic E-state index is 14.5. The molecule has 2 aliphatic carbocycles. The molecule has 0 radical (unpaired) electrons. The van der Waals surface area contributed by atoms with Gasteiger partial charge in [0.05, 0.1) is 17.9 Å². The van der Waals surface area contributed by atoms with E-state index in [1.807, 2.05) is 0 Å². The molecule has 7 atom stereocenters. The molecule has 4 heterocycles. The molecule has 6 N–H and O–H groups in total. The highest BCUT2D eigenvalue weighted by molar-refractivity contribution is 6.72. The minimum Gasteiger partial charge on any atom is -0.492 e. The van der Waals surface area contributed by atoms with Crippen LogP contribution in [-0.4, -0.2) is 117 Å². The molecule has 1 saturated carbocycles. The second-order valence-electron chi connectivity index (χ2n) is 15.2. The van der Waals surface area contributed by atoms with Gasteiger partial charge in [-0.1, -0.05) is 42.5 Å². The zero-order chi connectivity index (χ0) is 41.2. The second-order valence-corrected chi connectivity index (χ2v) is 15.2. The molecule has 6 aliphatic rings. The number of benzene rings is 3. The van der Waals surface area contributed by atoms with Gasteiger partial charge in [-0.15, -0.1) is 0 Å². The van der Waals surface area contributed by atoms with Gasteiger partial charge in [0.1, 0.15) is 49.6 Å². The number of nitrogens with zero attached hydrogens (tertiary/aromatic N) is 4. The number of aliphatic hydroxyl groups is 4. The van der Waals surface area contributed by atoms with E-state index in [1.54, 1.807) is 47.4 Å². The molecule has 17 nitrogen and oxygen atoms in total. The molecule has 0 aromatic heterocycles. The van der Waals surface area contributed by atoms with Gasteiger partial charge in [0.25, 0.3) is 0 Å². The van der Waals surface area contributed by atoms with Crippen LogP contribution in [0, 0.1) is 0 Å². The largest absolute Gasteiger partial charge is 0.492 e. The van der Waals surface area contributed by atoms with Crippen molar-refractivity contribution in [2.24, 2.45) is 20.7 Å². The number of hydrogen-bond donors (Lipinski definition) is 5. The SMILES string of the molecule is NC1=NC(=O)C2=NCN(c3ccccc3[C@@H]3/C=C\OC4(CCCC4)[C@@H]4O[C@H](Oc5c3cc3c(c5OC[C@H](O)CC=O)C(=O)c5ccccc5C3=O)[C@@H](O)[C@H](O)[C@H]4O)C2=N1. The number of aliphatic imine (C=N–C) groups is 3. The summed E-state index contributed by atoms with van der Waals surface area (Å²) >= 11 is 0. The Hall–Kier alpha value is -6.11. The quantitative estimate of drug-likeness (QED) is 0.166. The maximum absolute atomic E-state index is 14.5. The number of rotatable bonds is 7. The molecule has 4 aliphatic heterocycles. The number of anilines is 1. The first-order valence-corrected chi connectivity index (χ1v) is 19.2. The fourth-order valence-electron chi connectivity index (χ4n) is 8.80. The highest BCUT2D eigenvalue weighted by Crippen LogP contribution is 2.50. The van der Waals surface area contributed by atoms with Gasteiger partial charge < -0.3 is 54.8 Å². The molecule has 304 valence electrons. The Balaban J connectivity index is 1.31. The van der Waals surface area contributed by atoms with E-state index in [-0.39, 0.29) is 69.9 Å². The fourth-order valence-corrected chi connectivity index (χ4v) is 8.80. The molecule has 2 bridgehead atoms. The lowest BCUT2D eigenvalue weighted by atomic mass is 9.79. The highest BCUT2D eigenvalue weighted by atomic mass is 16.7. The molecule has 3 aromatic rings. The average molecular weight is 806 g/mol. The van der Waals surface area contributed by atoms with Crippen LogP contribution in [0.3, 0.4) is 0 Å². The third-order valence-electron chi connectivity index (χ3n) is 11.7. The summed E-state index contributed by atoms with van der Waals surface area (Å²) in [4.78, 5) is 67.3. The Morgan fingerprint density at radius 2 is 1.66 bits per heavy atom. The number of para-hydroxylation sites is 1. The first-order chi connectivity index (χ1) is 28.5. The van der Waals surface area contributed by atoms with Gasteiger partial charge in [-0.3, -0.25) is 19.4 Å². The summed E-state index contributed by atoms with van der Waals surface area (Å²) in [6, 6.07) is 14.8. The summed E-state index contributed by atoms with van der Waals surface area (Å²) in [5, 5.41) is 44.9. The average Bonchev–Trinajstić information content (AvgIpc) is 3.89. The molecule has 1 spiro atoms. The fraction of sp³-hybridized carbons (Fsp3) is 0.357. The smallest absolute Gasteiger partial charge is 0.302 e. The van der Waals surface area contributed by atoms with Gasteiger partial charge in [-0.05, 0) is 49.5 Å². The number of ether oxygens (including phenoxy) is 4. The van der Waals surface area contributed by atoms with Crippen LogP contribution in [0.25, 0.3) is 0 Å². The van der Waals surface area contributed by atoms with E-state index in [0.29, 0.717) is 43.2 Å². The summed E-state index contributed by atoms with van der Waals surface area (Å²) in [6.07, 6.45) is -3.85.